The molecule has 0 saturated carbocycles. The Balaban J connectivity index is 1.54. The fourth-order valence-corrected chi connectivity index (χ4v) is 4.93. The number of para-hydroxylation sites is 1. The Bertz CT molecular complexity index is 722. The van der Waals surface area contributed by atoms with E-state index in [1.165, 1.54) is 45.2 Å². The topological polar surface area (TPSA) is 37.2 Å². The summed E-state index contributed by atoms with van der Waals surface area (Å²) in [5, 5.41) is 10.7. The van der Waals surface area contributed by atoms with Crippen molar-refractivity contribution in [1.29, 1.82) is 0 Å². The predicted octanol–water partition coefficient (Wildman–Crippen LogP) is 4.10. The van der Waals surface area contributed by atoms with Crippen LogP contribution in [0.15, 0.2) is 29.4 Å². The molecule has 3 heterocycles. The van der Waals surface area contributed by atoms with Gasteiger partial charge in [-0.3, -0.25) is 4.57 Å². The molecule has 5 nitrogen and oxygen atoms in total. The van der Waals surface area contributed by atoms with Crippen molar-refractivity contribution in [3.05, 3.63) is 29.3 Å². The van der Waals surface area contributed by atoms with Crippen LogP contribution in [-0.2, 0) is 0 Å². The van der Waals surface area contributed by atoms with Crippen molar-refractivity contribution in [2.75, 3.05) is 43.4 Å². The lowest BCUT2D eigenvalue weighted by molar-refractivity contribution is 0.242. The third-order valence-electron chi connectivity index (χ3n) is 5.19. The van der Waals surface area contributed by atoms with Gasteiger partial charge in [-0.25, -0.2) is 0 Å². The Labute approximate surface area is 164 Å². The highest BCUT2D eigenvalue weighted by atomic mass is 35.5. The van der Waals surface area contributed by atoms with Gasteiger partial charge in [0.1, 0.15) is 0 Å². The van der Waals surface area contributed by atoms with Crippen LogP contribution < -0.4 is 4.90 Å². The molecule has 1 aromatic carbocycles. The zero-order valence-electron chi connectivity index (χ0n) is 15.1. The number of nitrogens with zero attached hydrogens (tertiary/aromatic N) is 5. The first-order chi connectivity index (χ1) is 12.8. The molecule has 1 aromatic heterocycles. The Morgan fingerprint density at radius 1 is 0.923 bits per heavy atom. The number of aromatic nitrogens is 3. The summed E-state index contributed by atoms with van der Waals surface area (Å²) in [4.78, 5) is 4.89. The second kappa shape index (κ2) is 8.63. The van der Waals surface area contributed by atoms with Crippen LogP contribution in [0.25, 0.3) is 5.69 Å². The van der Waals surface area contributed by atoms with E-state index >= 15 is 0 Å². The van der Waals surface area contributed by atoms with Gasteiger partial charge in [-0.15, -0.1) is 10.2 Å². The predicted molar refractivity (Wildman–Crippen MR) is 109 cm³/mol. The fraction of sp³-hybridized carbons (Fsp3) is 0.579. The molecule has 2 fully saturated rings. The zero-order valence-corrected chi connectivity index (χ0v) is 16.7. The Kier molecular flexibility index (Phi) is 6.02. The maximum absolute atomic E-state index is 6.51. The maximum Gasteiger partial charge on any atom is 0.232 e. The largest absolute Gasteiger partial charge is 0.341 e. The average Bonchev–Trinajstić information content (AvgIpc) is 3.33. The molecule has 2 aliphatic rings. The van der Waals surface area contributed by atoms with Gasteiger partial charge in [0.2, 0.25) is 5.95 Å². The summed E-state index contributed by atoms with van der Waals surface area (Å²) in [6, 6.07) is 7.98. The highest BCUT2D eigenvalue weighted by Gasteiger charge is 2.23. The number of hydrogen-bond donors (Lipinski definition) is 0. The van der Waals surface area contributed by atoms with E-state index in [0.717, 1.165) is 47.2 Å². The summed E-state index contributed by atoms with van der Waals surface area (Å²) < 4.78 is 2.15. The van der Waals surface area contributed by atoms with Crippen molar-refractivity contribution in [2.45, 2.75) is 37.3 Å². The van der Waals surface area contributed by atoms with Crippen LogP contribution in [0.4, 0.5) is 5.95 Å². The molecule has 140 valence electrons. The number of benzene rings is 1. The van der Waals surface area contributed by atoms with Crippen molar-refractivity contribution in [2.24, 2.45) is 0 Å². The molecule has 0 amide bonds. The van der Waals surface area contributed by atoms with Crippen LogP contribution in [0.2, 0.25) is 5.02 Å². The van der Waals surface area contributed by atoms with Crippen molar-refractivity contribution < 1.29 is 0 Å². The first kappa shape index (κ1) is 18.1. The van der Waals surface area contributed by atoms with E-state index in [1.54, 1.807) is 11.8 Å². The Morgan fingerprint density at radius 2 is 1.65 bits per heavy atom. The smallest absolute Gasteiger partial charge is 0.232 e. The van der Waals surface area contributed by atoms with E-state index in [1.807, 2.05) is 18.2 Å². The first-order valence-electron chi connectivity index (χ1n) is 9.63. The highest BCUT2D eigenvalue weighted by molar-refractivity contribution is 7.99. The van der Waals surface area contributed by atoms with E-state index in [2.05, 4.69) is 30.6 Å². The van der Waals surface area contributed by atoms with Gasteiger partial charge in [-0.05, 0) is 50.9 Å². The highest BCUT2D eigenvalue weighted by Crippen LogP contribution is 2.31. The maximum atomic E-state index is 6.51. The molecule has 0 aliphatic carbocycles. The third-order valence-corrected chi connectivity index (χ3v) is 6.41. The van der Waals surface area contributed by atoms with Crippen LogP contribution >= 0.6 is 23.4 Å². The summed E-state index contributed by atoms with van der Waals surface area (Å²) in [6.07, 6.45) is 6.47. The van der Waals surface area contributed by atoms with Gasteiger partial charge in [0.15, 0.2) is 5.16 Å². The molecule has 2 aromatic rings. The third kappa shape index (κ3) is 4.02. The average molecular weight is 392 g/mol. The molecule has 7 heteroatoms. The van der Waals surface area contributed by atoms with Gasteiger partial charge < -0.3 is 9.80 Å². The first-order valence-corrected chi connectivity index (χ1v) is 11.0. The number of hydrogen-bond acceptors (Lipinski definition) is 5. The summed E-state index contributed by atoms with van der Waals surface area (Å²) >= 11 is 8.30. The zero-order chi connectivity index (χ0) is 17.8. The van der Waals surface area contributed by atoms with E-state index in [4.69, 9.17) is 11.6 Å². The summed E-state index contributed by atoms with van der Waals surface area (Å²) in [5.74, 6) is 1.96. The summed E-state index contributed by atoms with van der Waals surface area (Å²) in [7, 11) is 0. The molecule has 2 aliphatic heterocycles. The monoisotopic (exact) mass is 391 g/mol. The Hall–Kier alpha value is -1.24. The van der Waals surface area contributed by atoms with E-state index in [-0.39, 0.29) is 0 Å². The van der Waals surface area contributed by atoms with Crippen molar-refractivity contribution in [3.63, 3.8) is 0 Å². The molecule has 0 bridgehead atoms. The molecule has 0 unspecified atom stereocenters. The van der Waals surface area contributed by atoms with E-state index in [9.17, 15) is 0 Å². The van der Waals surface area contributed by atoms with Crippen LogP contribution in [0, 0.1) is 0 Å². The van der Waals surface area contributed by atoms with Gasteiger partial charge >= 0.3 is 0 Å². The molecular formula is C19H26ClN5S. The lowest BCUT2D eigenvalue weighted by atomic mass is 10.1. The van der Waals surface area contributed by atoms with Crippen LogP contribution in [-0.4, -0.2) is 58.1 Å². The Morgan fingerprint density at radius 3 is 2.42 bits per heavy atom. The van der Waals surface area contributed by atoms with Gasteiger partial charge in [-0.1, -0.05) is 41.9 Å². The molecule has 4 rings (SSSR count). The normalized spacial score (nSPS) is 18.6. The van der Waals surface area contributed by atoms with E-state index in [0.29, 0.717) is 0 Å². The lowest BCUT2D eigenvalue weighted by Gasteiger charge is -2.26. The second-order valence-corrected chi connectivity index (χ2v) is 8.48. The summed E-state index contributed by atoms with van der Waals surface area (Å²) in [6.45, 7) is 5.66. The molecule has 26 heavy (non-hydrogen) atoms. The molecule has 0 spiro atoms. The molecule has 0 radical (unpaired) electrons. The van der Waals surface area contributed by atoms with Crippen molar-refractivity contribution >= 4 is 29.3 Å². The fourth-order valence-electron chi connectivity index (χ4n) is 3.77. The SMILES string of the molecule is Clc1ccccc1-n1c(SCCN2CCCCC2)nnc1N1CCCC1. The number of halogens is 1. The van der Waals surface area contributed by atoms with Crippen molar-refractivity contribution in [3.8, 4) is 5.69 Å². The van der Waals surface area contributed by atoms with Crippen LogP contribution in [0.3, 0.4) is 0 Å². The number of piperidine rings is 1. The van der Waals surface area contributed by atoms with Gasteiger partial charge in [0, 0.05) is 25.4 Å². The summed E-state index contributed by atoms with van der Waals surface area (Å²) in [5.41, 5.74) is 0.974. The molecule has 0 N–H and O–H groups in total. The number of anilines is 1. The number of rotatable bonds is 6. The van der Waals surface area contributed by atoms with Crippen molar-refractivity contribution in [1.82, 2.24) is 19.7 Å². The molecule has 2 saturated heterocycles. The van der Waals surface area contributed by atoms with Crippen LogP contribution in [0.5, 0.6) is 0 Å². The second-order valence-electron chi connectivity index (χ2n) is 7.01. The quantitative estimate of drug-likeness (QED) is 0.693. The van der Waals surface area contributed by atoms with Gasteiger partial charge in [0.05, 0.1) is 10.7 Å². The van der Waals surface area contributed by atoms with Crippen LogP contribution in [0.1, 0.15) is 32.1 Å². The standard InChI is InChI=1S/C19H26ClN5S/c20-16-8-2-3-9-17(16)25-18(24-12-6-7-13-24)21-22-19(25)26-15-14-23-10-4-1-5-11-23/h2-3,8-9H,1,4-7,10-15H2. The minimum Gasteiger partial charge on any atom is -0.341 e. The number of thioether (sulfide) groups is 1. The van der Waals surface area contributed by atoms with Gasteiger partial charge in [0.25, 0.3) is 0 Å². The van der Waals surface area contributed by atoms with E-state index < -0.39 is 0 Å². The minimum atomic E-state index is 0.741. The molecular weight excluding hydrogens is 366 g/mol. The molecule has 0 atom stereocenters. The number of likely N-dealkylation sites (tertiary alicyclic amines) is 1. The van der Waals surface area contributed by atoms with Gasteiger partial charge in [-0.2, -0.15) is 0 Å². The minimum absolute atomic E-state index is 0.741. The lowest BCUT2D eigenvalue weighted by Crippen LogP contribution is -2.31.